The quantitative estimate of drug-likeness (QED) is 0.611. The van der Waals surface area contributed by atoms with Crippen LogP contribution in [0.1, 0.15) is 25.7 Å². The van der Waals surface area contributed by atoms with Crippen LogP contribution in [0.4, 0.5) is 4.39 Å². The van der Waals surface area contributed by atoms with Crippen molar-refractivity contribution in [3.05, 3.63) is 0 Å². The van der Waals surface area contributed by atoms with Gasteiger partial charge in [0.05, 0.1) is 7.11 Å². The van der Waals surface area contributed by atoms with E-state index in [2.05, 4.69) is 0 Å². The van der Waals surface area contributed by atoms with Crippen molar-refractivity contribution in [2.75, 3.05) is 20.2 Å². The van der Waals surface area contributed by atoms with E-state index in [0.717, 1.165) is 13.0 Å². The molecule has 2 heterocycles. The van der Waals surface area contributed by atoms with Crippen molar-refractivity contribution in [1.82, 2.24) is 4.90 Å². The minimum Gasteiger partial charge on any atom is -0.468 e. The maximum Gasteiger partial charge on any atom is 0.326 e. The van der Waals surface area contributed by atoms with Crippen LogP contribution < -0.4 is 0 Å². The number of esters is 1. The number of hydrogen-bond acceptors (Lipinski definition) is 3. The Morgan fingerprint density at radius 1 is 1.53 bits per heavy atom. The van der Waals surface area contributed by atoms with Gasteiger partial charge < -0.3 is 4.74 Å². The normalized spacial score (nSPS) is 41.9. The van der Waals surface area contributed by atoms with Gasteiger partial charge in [-0.3, -0.25) is 9.69 Å². The van der Waals surface area contributed by atoms with E-state index < -0.39 is 11.7 Å². The number of rotatable bonds is 1. The van der Waals surface area contributed by atoms with E-state index >= 15 is 0 Å². The van der Waals surface area contributed by atoms with Crippen LogP contribution in [0.2, 0.25) is 0 Å². The third-order valence-electron chi connectivity index (χ3n) is 4.30. The van der Waals surface area contributed by atoms with E-state index in [-0.39, 0.29) is 5.97 Å². The molecule has 0 aromatic carbocycles. The number of hydrogen-bond donors (Lipinski definition) is 0. The lowest BCUT2D eigenvalue weighted by atomic mass is 9.88. The van der Waals surface area contributed by atoms with E-state index in [1.807, 2.05) is 4.90 Å². The first-order valence-electron chi connectivity index (χ1n) is 5.58. The molecule has 2 aliphatic heterocycles. The summed E-state index contributed by atoms with van der Waals surface area (Å²) in [6, 6.07) is 0. The third kappa shape index (κ3) is 1.17. The Morgan fingerprint density at radius 2 is 2.27 bits per heavy atom. The molecule has 3 rings (SSSR count). The molecule has 0 aromatic heterocycles. The number of carbonyl (C=O) groups excluding carboxylic acids is 1. The predicted octanol–water partition coefficient (Wildman–Crippen LogP) is 1.13. The molecule has 0 bridgehead atoms. The Balaban J connectivity index is 1.91. The van der Waals surface area contributed by atoms with Crippen molar-refractivity contribution < 1.29 is 13.9 Å². The van der Waals surface area contributed by atoms with Crippen LogP contribution in [0.3, 0.4) is 0 Å². The fourth-order valence-electron chi connectivity index (χ4n) is 3.44. The molecular formula is C11H16FNO2. The molecule has 84 valence electrons. The van der Waals surface area contributed by atoms with Gasteiger partial charge in [-0.25, -0.2) is 4.39 Å². The lowest BCUT2D eigenvalue weighted by molar-refractivity contribution is -0.151. The van der Waals surface area contributed by atoms with Crippen LogP contribution in [0, 0.1) is 5.41 Å². The smallest absolute Gasteiger partial charge is 0.326 e. The summed E-state index contributed by atoms with van der Waals surface area (Å²) in [5.41, 5.74) is -0.293. The Bertz CT molecular complexity index is 316. The first-order chi connectivity index (χ1) is 7.10. The fraction of sp³-hybridized carbons (Fsp3) is 0.909. The molecule has 0 radical (unpaired) electrons. The van der Waals surface area contributed by atoms with Gasteiger partial charge >= 0.3 is 5.97 Å². The molecule has 3 fully saturated rings. The van der Waals surface area contributed by atoms with Crippen LogP contribution >= 0.6 is 0 Å². The first kappa shape index (κ1) is 9.58. The van der Waals surface area contributed by atoms with Gasteiger partial charge in [-0.1, -0.05) is 0 Å². The van der Waals surface area contributed by atoms with E-state index in [9.17, 15) is 9.18 Å². The highest BCUT2D eigenvalue weighted by molar-refractivity contribution is 5.82. The molecule has 4 heteroatoms. The summed E-state index contributed by atoms with van der Waals surface area (Å²) in [7, 11) is 1.40. The SMILES string of the molecule is COC(=O)[C@]12C[C@@H](F)CN1CC1(CC1)C2. The van der Waals surface area contributed by atoms with Crippen LogP contribution in [0.15, 0.2) is 0 Å². The molecule has 1 saturated carbocycles. The molecule has 0 N–H and O–H groups in total. The number of methoxy groups -OCH3 is 1. The zero-order valence-corrected chi connectivity index (χ0v) is 8.96. The zero-order chi connectivity index (χ0) is 10.7. The van der Waals surface area contributed by atoms with Gasteiger partial charge in [0.25, 0.3) is 0 Å². The molecule has 0 unspecified atom stereocenters. The van der Waals surface area contributed by atoms with E-state index in [0.29, 0.717) is 18.4 Å². The highest BCUT2D eigenvalue weighted by Crippen LogP contribution is 2.61. The molecule has 2 atom stereocenters. The molecule has 0 amide bonds. The van der Waals surface area contributed by atoms with Crippen LogP contribution in [0.25, 0.3) is 0 Å². The van der Waals surface area contributed by atoms with Crippen molar-refractivity contribution >= 4 is 5.97 Å². The minimum absolute atomic E-state index is 0.230. The number of fused-ring (bicyclic) bond motifs is 1. The Morgan fingerprint density at radius 3 is 2.87 bits per heavy atom. The van der Waals surface area contributed by atoms with Gasteiger partial charge in [-0.15, -0.1) is 0 Å². The van der Waals surface area contributed by atoms with Crippen LogP contribution in [-0.4, -0.2) is 42.8 Å². The van der Waals surface area contributed by atoms with Gasteiger partial charge in [-0.2, -0.15) is 0 Å². The second kappa shape index (κ2) is 2.73. The van der Waals surface area contributed by atoms with E-state index in [1.165, 1.54) is 20.0 Å². The van der Waals surface area contributed by atoms with Crippen molar-refractivity contribution in [3.8, 4) is 0 Å². The monoisotopic (exact) mass is 213 g/mol. The minimum atomic E-state index is -0.861. The number of nitrogens with zero attached hydrogens (tertiary/aromatic N) is 1. The summed E-state index contributed by atoms with van der Waals surface area (Å²) in [6.07, 6.45) is 2.67. The zero-order valence-electron chi connectivity index (χ0n) is 8.96. The summed E-state index contributed by atoms with van der Waals surface area (Å²) in [6.45, 7) is 1.30. The Hall–Kier alpha value is -0.640. The van der Waals surface area contributed by atoms with E-state index in [4.69, 9.17) is 4.74 Å². The average Bonchev–Trinajstić information content (AvgIpc) is 2.75. The van der Waals surface area contributed by atoms with Crippen molar-refractivity contribution in [3.63, 3.8) is 0 Å². The first-order valence-corrected chi connectivity index (χ1v) is 5.58. The Labute approximate surface area is 88.6 Å². The number of ether oxygens (including phenoxy) is 1. The molecule has 15 heavy (non-hydrogen) atoms. The third-order valence-corrected chi connectivity index (χ3v) is 4.30. The second-order valence-corrected chi connectivity index (χ2v) is 5.38. The fourth-order valence-corrected chi connectivity index (χ4v) is 3.44. The summed E-state index contributed by atoms with van der Waals surface area (Å²) < 4.78 is 18.3. The maximum absolute atomic E-state index is 13.4. The highest BCUT2D eigenvalue weighted by Gasteiger charge is 2.65. The van der Waals surface area contributed by atoms with Crippen molar-refractivity contribution in [2.24, 2.45) is 5.41 Å². The molecule has 3 aliphatic rings. The second-order valence-electron chi connectivity index (χ2n) is 5.38. The van der Waals surface area contributed by atoms with Crippen molar-refractivity contribution in [2.45, 2.75) is 37.4 Å². The number of carbonyl (C=O) groups is 1. The lowest BCUT2D eigenvalue weighted by Gasteiger charge is -2.27. The van der Waals surface area contributed by atoms with Crippen LogP contribution in [0.5, 0.6) is 0 Å². The largest absolute Gasteiger partial charge is 0.468 e. The van der Waals surface area contributed by atoms with Crippen LogP contribution in [-0.2, 0) is 9.53 Å². The van der Waals surface area contributed by atoms with Gasteiger partial charge in [0.2, 0.25) is 0 Å². The van der Waals surface area contributed by atoms with Gasteiger partial charge in [-0.05, 0) is 24.7 Å². The number of halogens is 1. The molecule has 1 spiro atoms. The predicted molar refractivity (Wildman–Crippen MR) is 52.1 cm³/mol. The van der Waals surface area contributed by atoms with Crippen molar-refractivity contribution in [1.29, 1.82) is 0 Å². The van der Waals surface area contributed by atoms with Gasteiger partial charge in [0, 0.05) is 19.5 Å². The highest BCUT2D eigenvalue weighted by atomic mass is 19.1. The molecular weight excluding hydrogens is 197 g/mol. The molecule has 2 saturated heterocycles. The molecule has 1 aliphatic carbocycles. The standard InChI is InChI=1S/C11H16FNO2/c1-15-9(14)11-4-8(12)5-13(11)7-10(6-11)2-3-10/h8H,2-7H2,1H3/t8-,11-/m1/s1. The topological polar surface area (TPSA) is 29.5 Å². The summed E-state index contributed by atoms with van der Waals surface area (Å²) in [4.78, 5) is 13.9. The maximum atomic E-state index is 13.4. The summed E-state index contributed by atoms with van der Waals surface area (Å²) in [5, 5.41) is 0. The average molecular weight is 213 g/mol. The van der Waals surface area contributed by atoms with Gasteiger partial charge in [0.15, 0.2) is 0 Å². The van der Waals surface area contributed by atoms with E-state index in [1.54, 1.807) is 0 Å². The number of alkyl halides is 1. The van der Waals surface area contributed by atoms with Gasteiger partial charge in [0.1, 0.15) is 11.7 Å². The molecule has 0 aromatic rings. The summed E-state index contributed by atoms with van der Waals surface area (Å²) in [5.74, 6) is -0.230. The Kier molecular flexibility index (Phi) is 1.74. The lowest BCUT2D eigenvalue weighted by Crippen LogP contribution is -2.46. The molecule has 3 nitrogen and oxygen atoms in total. The summed E-state index contributed by atoms with van der Waals surface area (Å²) >= 11 is 0.